The van der Waals surface area contributed by atoms with E-state index in [0.717, 1.165) is 35.7 Å². The topological polar surface area (TPSA) is 68.0 Å². The first-order chi connectivity index (χ1) is 8.58. The summed E-state index contributed by atoms with van der Waals surface area (Å²) in [6, 6.07) is 1.84. The van der Waals surface area contributed by atoms with Crippen LogP contribution in [-0.4, -0.2) is 16.9 Å². The van der Waals surface area contributed by atoms with E-state index in [1.54, 1.807) is 6.20 Å². The normalized spacial score (nSPS) is 23.7. The zero-order valence-corrected chi connectivity index (χ0v) is 12.0. The van der Waals surface area contributed by atoms with Crippen molar-refractivity contribution < 1.29 is 4.79 Å². The molecule has 1 aliphatic rings. The molecule has 98 valence electrons. The van der Waals surface area contributed by atoms with E-state index in [4.69, 9.17) is 5.73 Å². The van der Waals surface area contributed by atoms with Crippen LogP contribution in [0.4, 0.5) is 5.82 Å². The third kappa shape index (κ3) is 3.09. The lowest BCUT2D eigenvalue weighted by atomic mass is 9.84. The molecule has 0 aromatic carbocycles. The van der Waals surface area contributed by atoms with Gasteiger partial charge < -0.3 is 11.1 Å². The summed E-state index contributed by atoms with van der Waals surface area (Å²) >= 11 is 3.39. The number of nitrogens with two attached hydrogens (primary N) is 1. The molecule has 0 saturated heterocycles. The largest absolute Gasteiger partial charge is 0.327 e. The lowest BCUT2D eigenvalue weighted by Crippen LogP contribution is -2.40. The first kappa shape index (κ1) is 13.5. The van der Waals surface area contributed by atoms with E-state index < -0.39 is 0 Å². The molecule has 0 bridgehead atoms. The SMILES string of the molecule is Cc1cc(NC(=O)C2CCCCC2N)ncc1Br. The molecule has 1 heterocycles. The Bertz CT molecular complexity index is 450. The quantitative estimate of drug-likeness (QED) is 0.882. The predicted molar refractivity (Wildman–Crippen MR) is 75.2 cm³/mol. The Balaban J connectivity index is 2.04. The Morgan fingerprint density at radius 3 is 2.89 bits per heavy atom. The second-order valence-electron chi connectivity index (χ2n) is 4.86. The fraction of sp³-hybridized carbons (Fsp3) is 0.538. The standard InChI is InChI=1S/C13H18BrN3O/c1-8-6-12(16-7-10(8)14)17-13(18)9-4-2-3-5-11(9)15/h6-7,9,11H,2-5,15H2,1H3,(H,16,17,18). The van der Waals surface area contributed by atoms with Gasteiger partial charge in [-0.15, -0.1) is 0 Å². The molecule has 0 radical (unpaired) electrons. The number of nitrogens with zero attached hydrogens (tertiary/aromatic N) is 1. The van der Waals surface area contributed by atoms with Gasteiger partial charge in [0.05, 0.1) is 5.92 Å². The average Bonchev–Trinajstić information content (AvgIpc) is 2.34. The number of carbonyl (C=O) groups is 1. The van der Waals surface area contributed by atoms with Crippen molar-refractivity contribution >= 4 is 27.7 Å². The molecule has 2 rings (SSSR count). The van der Waals surface area contributed by atoms with Crippen molar-refractivity contribution in [1.29, 1.82) is 0 Å². The maximum Gasteiger partial charge on any atom is 0.230 e. The Hall–Kier alpha value is -0.940. The van der Waals surface area contributed by atoms with E-state index in [1.165, 1.54) is 0 Å². The summed E-state index contributed by atoms with van der Waals surface area (Å²) in [5, 5.41) is 2.86. The minimum absolute atomic E-state index is 0.00331. The number of halogens is 1. The lowest BCUT2D eigenvalue weighted by molar-refractivity contribution is -0.121. The van der Waals surface area contributed by atoms with E-state index >= 15 is 0 Å². The smallest absolute Gasteiger partial charge is 0.230 e. The third-order valence-corrected chi connectivity index (χ3v) is 4.28. The number of hydrogen-bond acceptors (Lipinski definition) is 3. The van der Waals surface area contributed by atoms with E-state index in [0.29, 0.717) is 5.82 Å². The molecule has 0 aliphatic heterocycles. The summed E-state index contributed by atoms with van der Waals surface area (Å²) in [6.45, 7) is 1.97. The van der Waals surface area contributed by atoms with Crippen LogP contribution < -0.4 is 11.1 Å². The van der Waals surface area contributed by atoms with Crippen molar-refractivity contribution in [3.8, 4) is 0 Å². The van der Waals surface area contributed by atoms with Crippen molar-refractivity contribution in [2.75, 3.05) is 5.32 Å². The molecule has 1 aromatic heterocycles. The maximum atomic E-state index is 12.1. The van der Waals surface area contributed by atoms with Gasteiger partial charge in [0.2, 0.25) is 5.91 Å². The molecule has 3 N–H and O–H groups in total. The van der Waals surface area contributed by atoms with E-state index in [2.05, 4.69) is 26.2 Å². The van der Waals surface area contributed by atoms with Crippen LogP contribution in [-0.2, 0) is 4.79 Å². The van der Waals surface area contributed by atoms with E-state index in [9.17, 15) is 4.79 Å². The highest BCUT2D eigenvalue weighted by Crippen LogP contribution is 2.24. The van der Waals surface area contributed by atoms with Gasteiger partial charge in [-0.3, -0.25) is 4.79 Å². The number of pyridine rings is 1. The minimum Gasteiger partial charge on any atom is -0.327 e. The second kappa shape index (κ2) is 5.80. The van der Waals surface area contributed by atoms with Gasteiger partial charge in [-0.1, -0.05) is 12.8 Å². The van der Waals surface area contributed by atoms with Crippen molar-refractivity contribution in [2.24, 2.45) is 11.7 Å². The van der Waals surface area contributed by atoms with Gasteiger partial charge in [-0.25, -0.2) is 4.98 Å². The van der Waals surface area contributed by atoms with Gasteiger partial charge in [0.25, 0.3) is 0 Å². The molecule has 1 aromatic rings. The Morgan fingerprint density at radius 1 is 1.50 bits per heavy atom. The fourth-order valence-corrected chi connectivity index (χ4v) is 2.53. The molecule has 5 heteroatoms. The van der Waals surface area contributed by atoms with E-state index in [-0.39, 0.29) is 17.9 Å². The molecule has 4 nitrogen and oxygen atoms in total. The van der Waals surface area contributed by atoms with Crippen molar-refractivity contribution in [1.82, 2.24) is 4.98 Å². The van der Waals surface area contributed by atoms with Crippen molar-refractivity contribution in [3.05, 3.63) is 22.3 Å². The van der Waals surface area contributed by atoms with Crippen LogP contribution in [0.3, 0.4) is 0 Å². The summed E-state index contributed by atoms with van der Waals surface area (Å²) in [6.07, 6.45) is 5.72. The van der Waals surface area contributed by atoms with Crippen molar-refractivity contribution in [3.63, 3.8) is 0 Å². The Labute approximate surface area is 115 Å². The zero-order chi connectivity index (χ0) is 13.1. The molecule has 2 atom stereocenters. The number of aromatic nitrogens is 1. The van der Waals surface area contributed by atoms with Crippen LogP contribution in [0.25, 0.3) is 0 Å². The van der Waals surface area contributed by atoms with Crippen LogP contribution in [0.5, 0.6) is 0 Å². The van der Waals surface area contributed by atoms with E-state index in [1.807, 2.05) is 13.0 Å². The number of amides is 1. The van der Waals surface area contributed by atoms with Gasteiger partial charge in [0.15, 0.2) is 0 Å². The fourth-order valence-electron chi connectivity index (χ4n) is 2.31. The maximum absolute atomic E-state index is 12.1. The third-order valence-electron chi connectivity index (χ3n) is 3.45. The van der Waals surface area contributed by atoms with Gasteiger partial charge in [0.1, 0.15) is 5.82 Å². The summed E-state index contributed by atoms with van der Waals surface area (Å²) in [7, 11) is 0. The van der Waals surface area contributed by atoms with Crippen LogP contribution in [0.15, 0.2) is 16.7 Å². The molecule has 18 heavy (non-hydrogen) atoms. The van der Waals surface area contributed by atoms with Gasteiger partial charge >= 0.3 is 0 Å². The van der Waals surface area contributed by atoms with Crippen LogP contribution in [0.1, 0.15) is 31.2 Å². The Morgan fingerprint density at radius 2 is 2.22 bits per heavy atom. The average molecular weight is 312 g/mol. The second-order valence-corrected chi connectivity index (χ2v) is 5.72. The molecule has 1 aliphatic carbocycles. The zero-order valence-electron chi connectivity index (χ0n) is 10.4. The molecular formula is C13H18BrN3O. The first-order valence-corrected chi connectivity index (χ1v) is 7.06. The first-order valence-electron chi connectivity index (χ1n) is 6.26. The Kier molecular flexibility index (Phi) is 4.35. The summed E-state index contributed by atoms with van der Waals surface area (Å²) in [4.78, 5) is 16.3. The summed E-state index contributed by atoms with van der Waals surface area (Å²) in [5.41, 5.74) is 7.05. The van der Waals surface area contributed by atoms with Gasteiger partial charge in [-0.05, 0) is 47.3 Å². The number of rotatable bonds is 2. The highest BCUT2D eigenvalue weighted by Gasteiger charge is 2.28. The number of anilines is 1. The van der Waals surface area contributed by atoms with Crippen molar-refractivity contribution in [2.45, 2.75) is 38.6 Å². The molecule has 1 saturated carbocycles. The molecular weight excluding hydrogens is 294 g/mol. The van der Waals surface area contributed by atoms with Crippen LogP contribution in [0.2, 0.25) is 0 Å². The van der Waals surface area contributed by atoms with Gasteiger partial charge in [0, 0.05) is 16.7 Å². The monoisotopic (exact) mass is 311 g/mol. The summed E-state index contributed by atoms with van der Waals surface area (Å²) < 4.78 is 0.940. The predicted octanol–water partition coefficient (Wildman–Crippen LogP) is 2.61. The molecule has 1 fully saturated rings. The molecule has 2 unspecified atom stereocenters. The van der Waals surface area contributed by atoms with Crippen LogP contribution in [0, 0.1) is 12.8 Å². The lowest BCUT2D eigenvalue weighted by Gasteiger charge is -2.27. The number of nitrogens with one attached hydrogen (secondary N) is 1. The molecule has 1 amide bonds. The minimum atomic E-state index is -0.0792. The summed E-state index contributed by atoms with van der Waals surface area (Å²) in [5.74, 6) is 0.513. The van der Waals surface area contributed by atoms with Crippen LogP contribution >= 0.6 is 15.9 Å². The number of hydrogen-bond donors (Lipinski definition) is 2. The highest BCUT2D eigenvalue weighted by molar-refractivity contribution is 9.10. The number of aryl methyl sites for hydroxylation is 1. The highest BCUT2D eigenvalue weighted by atomic mass is 79.9. The molecule has 0 spiro atoms. The number of carbonyl (C=O) groups excluding carboxylic acids is 1. The van der Waals surface area contributed by atoms with Gasteiger partial charge in [-0.2, -0.15) is 0 Å².